The van der Waals surface area contributed by atoms with Crippen molar-refractivity contribution in [1.82, 2.24) is 5.32 Å². The van der Waals surface area contributed by atoms with Crippen LogP contribution < -0.4 is 29.3 Å². The third kappa shape index (κ3) is 11.2. The summed E-state index contributed by atoms with van der Waals surface area (Å²) in [5.74, 6) is 0. The zero-order valence-electron chi connectivity index (χ0n) is 28.4. The van der Waals surface area contributed by atoms with Crippen LogP contribution in [0.4, 0.5) is 28.4 Å². The van der Waals surface area contributed by atoms with Gasteiger partial charge in [-0.25, -0.2) is 0 Å². The summed E-state index contributed by atoms with van der Waals surface area (Å²) in [6.45, 7) is 1.48. The van der Waals surface area contributed by atoms with Crippen LogP contribution in [0.2, 0.25) is 0 Å². The number of aliphatic hydroxyl groups excluding tert-OH is 1. The molecule has 4 aromatic carbocycles. The summed E-state index contributed by atoms with van der Waals surface area (Å²) >= 11 is 16.7. The average Bonchev–Trinajstić information content (AvgIpc) is 3.50. The molecule has 2 aliphatic rings. The maximum atomic E-state index is 8.62. The SMILES string of the molecule is CN1c2ccccc2N(C)P1Cl.CN1c2ccccc2N(C)P1OCCNC(=S)Nc1ccccc1.OCCCC(=S)Cc1ccccc1. The van der Waals surface area contributed by atoms with E-state index in [0.717, 1.165) is 29.8 Å². The van der Waals surface area contributed by atoms with Crippen LogP contribution in [-0.2, 0) is 10.9 Å². The van der Waals surface area contributed by atoms with Gasteiger partial charge in [0.15, 0.2) is 12.7 Å². The molecule has 0 atom stereocenters. The topological polar surface area (TPSA) is 66.5 Å². The van der Waals surface area contributed by atoms with E-state index in [9.17, 15) is 0 Å². The van der Waals surface area contributed by atoms with Gasteiger partial charge in [-0.05, 0) is 83.1 Å². The van der Waals surface area contributed by atoms with Crippen molar-refractivity contribution < 1.29 is 9.63 Å². The molecule has 2 heterocycles. The number of nitrogens with one attached hydrogen (secondary N) is 2. The minimum atomic E-state index is -0.810. The van der Waals surface area contributed by atoms with E-state index in [0.29, 0.717) is 18.3 Å². The third-order valence-corrected chi connectivity index (χ3v) is 12.9. The minimum Gasteiger partial charge on any atom is -0.396 e. The number of para-hydroxylation sites is 5. The van der Waals surface area contributed by atoms with Gasteiger partial charge >= 0.3 is 0 Å². The number of anilines is 5. The van der Waals surface area contributed by atoms with Crippen molar-refractivity contribution in [2.24, 2.45) is 0 Å². The molecule has 4 aromatic rings. The fraction of sp³-hybridized carbons (Fsp3) is 0.278. The second-order valence-electron chi connectivity index (χ2n) is 11.2. The Balaban J connectivity index is 0.000000182. The summed E-state index contributed by atoms with van der Waals surface area (Å²) in [5.41, 5.74) is 7.10. The number of fused-ring (bicyclic) bond motifs is 2. The summed E-state index contributed by atoms with van der Waals surface area (Å²) in [7, 11) is 6.72. The monoisotopic (exact) mass is 754 g/mol. The first kappa shape index (κ1) is 38.7. The van der Waals surface area contributed by atoms with E-state index in [1.807, 2.05) is 74.8 Å². The highest BCUT2D eigenvalue weighted by atomic mass is 35.7. The fourth-order valence-electron chi connectivity index (χ4n) is 5.14. The lowest BCUT2D eigenvalue weighted by molar-refractivity contribution is 0.291. The van der Waals surface area contributed by atoms with Crippen molar-refractivity contribution in [2.45, 2.75) is 19.3 Å². The maximum Gasteiger partial charge on any atom is 0.248 e. The van der Waals surface area contributed by atoms with Crippen molar-refractivity contribution in [1.29, 1.82) is 0 Å². The predicted molar refractivity (Wildman–Crippen MR) is 222 cm³/mol. The van der Waals surface area contributed by atoms with Crippen LogP contribution >= 0.6 is 51.7 Å². The van der Waals surface area contributed by atoms with E-state index in [2.05, 4.69) is 91.9 Å². The molecule has 8 nitrogen and oxygen atoms in total. The van der Waals surface area contributed by atoms with Gasteiger partial charge in [0.2, 0.25) is 8.45 Å². The van der Waals surface area contributed by atoms with Crippen molar-refractivity contribution in [3.05, 3.63) is 115 Å². The Hall–Kier alpha value is -3.07. The molecular formula is C36H45ClN6O2P2S2. The Labute approximate surface area is 309 Å². The predicted octanol–water partition coefficient (Wildman–Crippen LogP) is 9.21. The van der Waals surface area contributed by atoms with Gasteiger partial charge in [-0.3, -0.25) is 0 Å². The molecule has 0 aliphatic carbocycles. The fourth-order valence-corrected chi connectivity index (χ4v) is 8.96. The molecule has 0 amide bonds. The Morgan fingerprint density at radius 3 is 1.69 bits per heavy atom. The van der Waals surface area contributed by atoms with Crippen LogP contribution in [0.15, 0.2) is 109 Å². The van der Waals surface area contributed by atoms with E-state index in [4.69, 9.17) is 45.3 Å². The molecule has 0 saturated heterocycles. The Morgan fingerprint density at radius 1 is 0.714 bits per heavy atom. The van der Waals surface area contributed by atoms with Crippen molar-refractivity contribution >= 4 is 90.1 Å². The molecule has 0 unspecified atom stereocenters. The van der Waals surface area contributed by atoms with Crippen LogP contribution in [-0.4, -0.2) is 63.0 Å². The zero-order valence-corrected chi connectivity index (χ0v) is 32.5. The molecule has 6 rings (SSSR count). The first-order valence-electron chi connectivity index (χ1n) is 16.0. The lowest BCUT2D eigenvalue weighted by atomic mass is 10.1. The third-order valence-electron chi connectivity index (χ3n) is 7.65. The van der Waals surface area contributed by atoms with Crippen LogP contribution in [0.5, 0.6) is 0 Å². The zero-order chi connectivity index (χ0) is 35.2. The maximum absolute atomic E-state index is 8.62. The quantitative estimate of drug-likeness (QED) is 0.0830. The van der Waals surface area contributed by atoms with E-state index in [-0.39, 0.29) is 6.61 Å². The van der Waals surface area contributed by atoms with Gasteiger partial charge in [-0.2, -0.15) is 0 Å². The average molecular weight is 755 g/mol. The Bertz CT molecular complexity index is 1570. The van der Waals surface area contributed by atoms with Gasteiger partial charge in [0, 0.05) is 53.5 Å². The van der Waals surface area contributed by atoms with Gasteiger partial charge in [0.05, 0.1) is 29.4 Å². The first-order valence-corrected chi connectivity index (χ1v) is 20.1. The number of hydrogen-bond donors (Lipinski definition) is 3. The standard InChI is InChI=1S/C17H21N4OPS.C11H14OS.C8H10ClN2P/c1-20-15-10-6-7-11-16(15)21(2)23(20)22-13-12-18-17(24)19-14-8-4-3-5-9-14;12-8-4-7-11(13)9-10-5-2-1-3-6-10;1-10-7-5-3-4-6-8(7)11(2)12(10)9/h3-11H,12-13H2,1-2H3,(H2,18,19,24);1-3,5-6,12H,4,7-9H2;3-6H,1-2H3. The molecule has 13 heteroatoms. The van der Waals surface area contributed by atoms with Crippen molar-refractivity contribution in [3.63, 3.8) is 0 Å². The van der Waals surface area contributed by atoms with Crippen LogP contribution in [0.3, 0.4) is 0 Å². The summed E-state index contributed by atoms with van der Waals surface area (Å²) in [6.07, 6.45) is 2.49. The smallest absolute Gasteiger partial charge is 0.248 e. The van der Waals surface area contributed by atoms with Crippen molar-refractivity contribution in [2.75, 3.05) is 71.9 Å². The molecule has 3 N–H and O–H groups in total. The van der Waals surface area contributed by atoms with Crippen LogP contribution in [0.25, 0.3) is 0 Å². The summed E-state index contributed by atoms with van der Waals surface area (Å²) in [4.78, 5) is 1.03. The second kappa shape index (κ2) is 19.9. The molecule has 0 saturated carbocycles. The lowest BCUT2D eigenvalue weighted by Gasteiger charge is -2.25. The van der Waals surface area contributed by atoms with E-state index < -0.39 is 16.0 Å². The van der Waals surface area contributed by atoms with Gasteiger partial charge in [-0.1, -0.05) is 85.0 Å². The molecule has 0 fully saturated rings. The molecule has 49 heavy (non-hydrogen) atoms. The summed E-state index contributed by atoms with van der Waals surface area (Å²) in [6, 6.07) is 36.7. The van der Waals surface area contributed by atoms with Crippen LogP contribution in [0, 0.1) is 0 Å². The number of hydrogen-bond acceptors (Lipinski definition) is 8. The number of aliphatic hydroxyl groups is 1. The number of nitrogens with zero attached hydrogens (tertiary/aromatic N) is 4. The van der Waals surface area contributed by atoms with Gasteiger partial charge in [-0.15, -0.1) is 0 Å². The summed E-state index contributed by atoms with van der Waals surface area (Å²) < 4.78 is 14.7. The van der Waals surface area contributed by atoms with Crippen molar-refractivity contribution in [3.8, 4) is 0 Å². The molecule has 0 spiro atoms. The largest absolute Gasteiger partial charge is 0.396 e. The highest BCUT2D eigenvalue weighted by molar-refractivity contribution is 7.86. The second-order valence-corrected chi connectivity index (χ2v) is 16.7. The first-order chi connectivity index (χ1) is 23.7. The highest BCUT2D eigenvalue weighted by Gasteiger charge is 2.33. The number of halogens is 1. The lowest BCUT2D eigenvalue weighted by Crippen LogP contribution is -2.31. The number of rotatable bonds is 10. The molecule has 2 aliphatic heterocycles. The van der Waals surface area contributed by atoms with Gasteiger partial charge in [0.1, 0.15) is 0 Å². The minimum absolute atomic E-state index is 0.231. The van der Waals surface area contributed by atoms with Crippen LogP contribution in [0.1, 0.15) is 18.4 Å². The van der Waals surface area contributed by atoms with E-state index in [1.54, 1.807) is 0 Å². The summed E-state index contributed by atoms with van der Waals surface area (Å²) in [5, 5.41) is 15.6. The molecule has 260 valence electrons. The van der Waals surface area contributed by atoms with Gasteiger partial charge in [0.25, 0.3) is 0 Å². The Morgan fingerprint density at radius 2 is 1.18 bits per heavy atom. The van der Waals surface area contributed by atoms with Gasteiger partial charge < -0.3 is 38.9 Å². The van der Waals surface area contributed by atoms with E-state index >= 15 is 0 Å². The Kier molecular flexibility index (Phi) is 15.8. The number of benzene rings is 4. The van der Waals surface area contributed by atoms with E-state index in [1.165, 1.54) is 28.3 Å². The number of thiocarbonyl (C=S) groups is 2. The highest BCUT2D eigenvalue weighted by Crippen LogP contribution is 2.60. The molecule has 0 radical (unpaired) electrons. The molecule has 0 bridgehead atoms. The normalized spacial score (nSPS) is 13.5. The molecule has 0 aromatic heterocycles. The molecular weight excluding hydrogens is 710 g/mol.